The quantitative estimate of drug-likeness (QED) is 0.840. The van der Waals surface area contributed by atoms with Crippen LogP contribution in [0.15, 0.2) is 21.1 Å². The third-order valence-corrected chi connectivity index (χ3v) is 4.56. The Labute approximate surface area is 125 Å². The maximum atomic E-state index is 5.31. The summed E-state index contributed by atoms with van der Waals surface area (Å²) >= 11 is 7.05. The molecule has 0 unspecified atom stereocenters. The Kier molecular flexibility index (Phi) is 5.33. The molecule has 0 radical (unpaired) electrons. The van der Waals surface area contributed by atoms with Crippen LogP contribution in [0.4, 0.5) is 5.69 Å². The van der Waals surface area contributed by atoms with Crippen LogP contribution in [0, 0.1) is 5.92 Å². The van der Waals surface area contributed by atoms with E-state index in [0.717, 1.165) is 45.9 Å². The van der Waals surface area contributed by atoms with E-state index in [2.05, 4.69) is 42.5 Å². The van der Waals surface area contributed by atoms with Crippen LogP contribution in [0.25, 0.3) is 0 Å². The molecule has 0 amide bonds. The lowest BCUT2D eigenvalue weighted by Crippen LogP contribution is -2.31. The minimum atomic E-state index is 0.757. The molecule has 0 saturated carbocycles. The SMILES string of the molecule is COc1cc(NCC2CCNCC2)c(Br)cc1Br. The molecule has 0 spiro atoms. The van der Waals surface area contributed by atoms with Crippen molar-refractivity contribution in [2.24, 2.45) is 5.92 Å². The number of nitrogens with one attached hydrogen (secondary N) is 2. The van der Waals surface area contributed by atoms with E-state index >= 15 is 0 Å². The van der Waals surface area contributed by atoms with Gasteiger partial charge in [0.2, 0.25) is 0 Å². The number of halogens is 2. The zero-order valence-electron chi connectivity index (χ0n) is 10.4. The Balaban J connectivity index is 1.99. The van der Waals surface area contributed by atoms with Gasteiger partial charge >= 0.3 is 0 Å². The summed E-state index contributed by atoms with van der Waals surface area (Å²) < 4.78 is 7.34. The number of ether oxygens (including phenoxy) is 1. The standard InChI is InChI=1S/C13H18Br2N2O/c1-18-13-7-12(10(14)6-11(13)15)17-8-9-2-4-16-5-3-9/h6-7,9,16-17H,2-5,8H2,1H3. The van der Waals surface area contributed by atoms with Crippen molar-refractivity contribution in [1.82, 2.24) is 5.32 Å². The highest BCUT2D eigenvalue weighted by Gasteiger charge is 2.14. The lowest BCUT2D eigenvalue weighted by Gasteiger charge is -2.23. The molecule has 0 atom stereocenters. The predicted molar refractivity (Wildman–Crippen MR) is 82.5 cm³/mol. The molecule has 3 nitrogen and oxygen atoms in total. The largest absolute Gasteiger partial charge is 0.495 e. The second-order valence-electron chi connectivity index (χ2n) is 4.54. The van der Waals surface area contributed by atoms with Crippen LogP contribution in [0.3, 0.4) is 0 Å². The van der Waals surface area contributed by atoms with Crippen molar-refractivity contribution in [2.75, 3.05) is 32.1 Å². The van der Waals surface area contributed by atoms with E-state index in [1.54, 1.807) is 7.11 Å². The first-order valence-corrected chi connectivity index (χ1v) is 7.77. The number of piperidine rings is 1. The van der Waals surface area contributed by atoms with Gasteiger partial charge in [0.25, 0.3) is 0 Å². The fraction of sp³-hybridized carbons (Fsp3) is 0.538. The molecular formula is C13H18Br2N2O. The predicted octanol–water partition coefficient (Wildman–Crippen LogP) is 3.63. The van der Waals surface area contributed by atoms with Gasteiger partial charge in [-0.1, -0.05) is 0 Å². The van der Waals surface area contributed by atoms with Crippen LogP contribution in [-0.2, 0) is 0 Å². The molecule has 1 aliphatic heterocycles. The third-order valence-electron chi connectivity index (χ3n) is 3.28. The smallest absolute Gasteiger partial charge is 0.135 e. The topological polar surface area (TPSA) is 33.3 Å². The van der Waals surface area contributed by atoms with Gasteiger partial charge in [0.1, 0.15) is 5.75 Å². The highest BCUT2D eigenvalue weighted by Crippen LogP contribution is 2.34. The second-order valence-corrected chi connectivity index (χ2v) is 6.25. The van der Waals surface area contributed by atoms with Crippen LogP contribution < -0.4 is 15.4 Å². The molecular weight excluding hydrogens is 360 g/mol. The lowest BCUT2D eigenvalue weighted by atomic mass is 9.98. The molecule has 1 heterocycles. The van der Waals surface area contributed by atoms with Gasteiger partial charge in [0.05, 0.1) is 17.3 Å². The molecule has 100 valence electrons. The maximum absolute atomic E-state index is 5.31. The first kappa shape index (κ1) is 14.2. The summed E-state index contributed by atoms with van der Waals surface area (Å²) in [5, 5.41) is 6.90. The third kappa shape index (κ3) is 3.62. The molecule has 0 aliphatic carbocycles. The van der Waals surface area contributed by atoms with Crippen LogP contribution in [0.1, 0.15) is 12.8 Å². The van der Waals surface area contributed by atoms with E-state index in [0.29, 0.717) is 0 Å². The van der Waals surface area contributed by atoms with Crippen molar-refractivity contribution < 1.29 is 4.74 Å². The number of methoxy groups -OCH3 is 1. The molecule has 2 N–H and O–H groups in total. The molecule has 1 aliphatic rings. The average Bonchev–Trinajstić information content (AvgIpc) is 2.39. The first-order valence-electron chi connectivity index (χ1n) is 6.18. The molecule has 5 heteroatoms. The first-order chi connectivity index (χ1) is 8.70. The molecule has 0 bridgehead atoms. The van der Waals surface area contributed by atoms with Crippen molar-refractivity contribution in [3.8, 4) is 5.75 Å². The summed E-state index contributed by atoms with van der Waals surface area (Å²) in [6, 6.07) is 4.04. The number of anilines is 1. The zero-order valence-corrected chi connectivity index (χ0v) is 13.6. The van der Waals surface area contributed by atoms with Crippen molar-refractivity contribution >= 4 is 37.5 Å². The van der Waals surface area contributed by atoms with Gasteiger partial charge in [0.15, 0.2) is 0 Å². The molecule has 1 fully saturated rings. The fourth-order valence-corrected chi connectivity index (χ4v) is 3.46. The molecule has 1 aromatic carbocycles. The van der Waals surface area contributed by atoms with Gasteiger partial charge in [-0.25, -0.2) is 0 Å². The van der Waals surface area contributed by atoms with Crippen LogP contribution in [0.2, 0.25) is 0 Å². The number of rotatable bonds is 4. The van der Waals surface area contributed by atoms with E-state index < -0.39 is 0 Å². The fourth-order valence-electron chi connectivity index (χ4n) is 2.16. The highest BCUT2D eigenvalue weighted by atomic mass is 79.9. The second kappa shape index (κ2) is 6.78. The zero-order chi connectivity index (χ0) is 13.0. The molecule has 2 rings (SSSR count). The summed E-state index contributed by atoms with van der Waals surface area (Å²) in [6.07, 6.45) is 2.50. The molecule has 1 aromatic rings. The minimum Gasteiger partial charge on any atom is -0.495 e. The van der Waals surface area contributed by atoms with E-state index in [4.69, 9.17) is 4.74 Å². The maximum Gasteiger partial charge on any atom is 0.135 e. The number of hydrogen-bond acceptors (Lipinski definition) is 3. The van der Waals surface area contributed by atoms with Crippen molar-refractivity contribution in [3.05, 3.63) is 21.1 Å². The Hall–Kier alpha value is -0.260. The van der Waals surface area contributed by atoms with Gasteiger partial charge in [-0.3, -0.25) is 0 Å². The number of benzene rings is 1. The highest BCUT2D eigenvalue weighted by molar-refractivity contribution is 9.11. The van der Waals surface area contributed by atoms with Gasteiger partial charge < -0.3 is 15.4 Å². The Bertz CT molecular complexity index is 406. The van der Waals surface area contributed by atoms with Gasteiger partial charge in [-0.15, -0.1) is 0 Å². The van der Waals surface area contributed by atoms with Gasteiger partial charge in [0, 0.05) is 17.1 Å². The average molecular weight is 378 g/mol. The van der Waals surface area contributed by atoms with E-state index in [-0.39, 0.29) is 0 Å². The van der Waals surface area contributed by atoms with Crippen molar-refractivity contribution in [1.29, 1.82) is 0 Å². The Morgan fingerprint density at radius 1 is 1.28 bits per heavy atom. The van der Waals surface area contributed by atoms with Crippen molar-refractivity contribution in [3.63, 3.8) is 0 Å². The summed E-state index contributed by atoms with van der Waals surface area (Å²) in [5.41, 5.74) is 1.09. The van der Waals surface area contributed by atoms with Gasteiger partial charge in [-0.2, -0.15) is 0 Å². The summed E-state index contributed by atoms with van der Waals surface area (Å²) in [4.78, 5) is 0. The van der Waals surface area contributed by atoms with E-state index in [9.17, 15) is 0 Å². The normalized spacial score (nSPS) is 16.6. The monoisotopic (exact) mass is 376 g/mol. The Morgan fingerprint density at radius 2 is 2.00 bits per heavy atom. The van der Waals surface area contributed by atoms with E-state index in [1.807, 2.05) is 12.1 Å². The molecule has 0 aromatic heterocycles. The Morgan fingerprint density at radius 3 is 2.67 bits per heavy atom. The summed E-state index contributed by atoms with van der Waals surface area (Å²) in [5.74, 6) is 1.61. The molecule has 18 heavy (non-hydrogen) atoms. The van der Waals surface area contributed by atoms with Crippen LogP contribution >= 0.6 is 31.9 Å². The van der Waals surface area contributed by atoms with Crippen molar-refractivity contribution in [2.45, 2.75) is 12.8 Å². The van der Waals surface area contributed by atoms with Crippen LogP contribution in [0.5, 0.6) is 5.75 Å². The minimum absolute atomic E-state index is 0.757. The summed E-state index contributed by atoms with van der Waals surface area (Å²) in [7, 11) is 1.69. The van der Waals surface area contributed by atoms with E-state index in [1.165, 1.54) is 12.8 Å². The number of hydrogen-bond donors (Lipinski definition) is 2. The summed E-state index contributed by atoms with van der Waals surface area (Å²) in [6.45, 7) is 3.29. The van der Waals surface area contributed by atoms with Gasteiger partial charge in [-0.05, 0) is 69.8 Å². The lowest BCUT2D eigenvalue weighted by molar-refractivity contribution is 0.389. The van der Waals surface area contributed by atoms with Crippen LogP contribution in [-0.4, -0.2) is 26.7 Å². The molecule has 1 saturated heterocycles.